The number of halogens is 3. The molecule has 2 atom stereocenters. The Morgan fingerprint density at radius 2 is 2.10 bits per heavy atom. The van der Waals surface area contributed by atoms with Crippen LogP contribution in [0.5, 0.6) is 0 Å². The Labute approximate surface area is 184 Å². The predicted octanol–water partition coefficient (Wildman–Crippen LogP) is 6.14. The zero-order valence-electron chi connectivity index (χ0n) is 16.5. The molecule has 7 heteroatoms. The number of amides is 1. The first-order valence-corrected chi connectivity index (χ1v) is 10.4. The number of carbonyl (C=O) groups excluding carboxylic acids is 1. The molecule has 0 radical (unpaired) electrons. The van der Waals surface area contributed by atoms with E-state index in [1.807, 2.05) is 24.8 Å². The predicted molar refractivity (Wildman–Crippen MR) is 117 cm³/mol. The average molecular weight is 447 g/mol. The van der Waals surface area contributed by atoms with Gasteiger partial charge in [0.05, 0.1) is 17.0 Å². The number of hydrogen-bond acceptors (Lipinski definition) is 3. The Morgan fingerprint density at radius 1 is 1.33 bits per heavy atom. The van der Waals surface area contributed by atoms with Gasteiger partial charge in [-0.2, -0.15) is 0 Å². The fourth-order valence-corrected chi connectivity index (χ4v) is 4.92. The van der Waals surface area contributed by atoms with Crippen molar-refractivity contribution in [2.75, 3.05) is 11.9 Å². The van der Waals surface area contributed by atoms with Crippen molar-refractivity contribution >= 4 is 34.8 Å². The van der Waals surface area contributed by atoms with Gasteiger partial charge in [0.25, 0.3) is 5.91 Å². The summed E-state index contributed by atoms with van der Waals surface area (Å²) in [6.45, 7) is 4.30. The third kappa shape index (κ3) is 2.99. The van der Waals surface area contributed by atoms with E-state index < -0.39 is 17.3 Å². The number of fused-ring (bicyclic) bond motifs is 2. The summed E-state index contributed by atoms with van der Waals surface area (Å²) >= 11 is 12.2. The van der Waals surface area contributed by atoms with E-state index in [2.05, 4.69) is 5.32 Å². The average Bonchev–Trinajstić information content (AvgIpc) is 3.17. The molecule has 1 saturated heterocycles. The highest BCUT2D eigenvalue weighted by Crippen LogP contribution is 2.58. The standard InChI is InChI=1S/C23H21Cl2FN2O2/c1-13(2)8-9-28-15(12-29)11-18(16-4-3-5-19(25)21(16)26)23(28)17-7-6-14(24)10-20(17)27-22(23)30/h3-8,10,12,18,29H,9,11H2,1-2H3,(H,27,30)/b15-12-/t18?,23-/m1/s1. The molecule has 1 unspecified atom stereocenters. The monoisotopic (exact) mass is 446 g/mol. The summed E-state index contributed by atoms with van der Waals surface area (Å²) in [5.74, 6) is -1.44. The minimum absolute atomic E-state index is 0.00494. The van der Waals surface area contributed by atoms with Crippen molar-refractivity contribution in [3.63, 3.8) is 0 Å². The van der Waals surface area contributed by atoms with Crippen LogP contribution in [0.25, 0.3) is 0 Å². The second-order valence-electron chi connectivity index (χ2n) is 7.82. The van der Waals surface area contributed by atoms with Gasteiger partial charge in [0.2, 0.25) is 0 Å². The molecule has 4 nitrogen and oxygen atoms in total. The number of likely N-dealkylation sites (tertiary alicyclic amines) is 1. The Bertz CT molecular complexity index is 1090. The highest BCUT2D eigenvalue weighted by atomic mass is 35.5. The lowest BCUT2D eigenvalue weighted by molar-refractivity contribution is -0.126. The van der Waals surface area contributed by atoms with Crippen molar-refractivity contribution in [1.29, 1.82) is 0 Å². The molecule has 1 spiro atoms. The van der Waals surface area contributed by atoms with Gasteiger partial charge >= 0.3 is 0 Å². The van der Waals surface area contributed by atoms with Crippen molar-refractivity contribution < 1.29 is 14.3 Å². The molecule has 2 aromatic carbocycles. The van der Waals surface area contributed by atoms with Gasteiger partial charge in [0.15, 0.2) is 5.54 Å². The lowest BCUT2D eigenvalue weighted by atomic mass is 9.75. The second-order valence-corrected chi connectivity index (χ2v) is 8.67. The van der Waals surface area contributed by atoms with E-state index in [0.717, 1.165) is 11.8 Å². The quantitative estimate of drug-likeness (QED) is 0.439. The third-order valence-electron chi connectivity index (χ3n) is 5.86. The van der Waals surface area contributed by atoms with Gasteiger partial charge in [-0.05, 0) is 37.6 Å². The molecule has 2 aliphatic rings. The van der Waals surface area contributed by atoms with Crippen molar-refractivity contribution in [2.24, 2.45) is 0 Å². The van der Waals surface area contributed by atoms with Gasteiger partial charge in [-0.1, -0.05) is 53.1 Å². The minimum atomic E-state index is -1.24. The number of nitrogens with one attached hydrogen (secondary N) is 1. The molecule has 156 valence electrons. The summed E-state index contributed by atoms with van der Waals surface area (Å²) in [5.41, 5.74) is 1.98. The van der Waals surface area contributed by atoms with Crippen molar-refractivity contribution in [2.45, 2.75) is 31.7 Å². The van der Waals surface area contributed by atoms with Crippen LogP contribution in [-0.2, 0) is 10.3 Å². The molecule has 0 aliphatic carbocycles. The lowest BCUT2D eigenvalue weighted by Crippen LogP contribution is -2.49. The number of hydrogen-bond donors (Lipinski definition) is 2. The topological polar surface area (TPSA) is 52.6 Å². The van der Waals surface area contributed by atoms with Crippen molar-refractivity contribution in [3.8, 4) is 0 Å². The van der Waals surface area contributed by atoms with Crippen LogP contribution >= 0.6 is 23.2 Å². The molecule has 1 amide bonds. The van der Waals surface area contributed by atoms with Gasteiger partial charge < -0.3 is 15.3 Å². The number of aliphatic hydroxyl groups is 1. The smallest absolute Gasteiger partial charge is 0.255 e. The maximum Gasteiger partial charge on any atom is 0.255 e. The molecule has 4 rings (SSSR count). The summed E-state index contributed by atoms with van der Waals surface area (Å²) in [4.78, 5) is 15.4. The summed E-state index contributed by atoms with van der Waals surface area (Å²) in [5, 5.41) is 13.4. The molecule has 2 aromatic rings. The lowest BCUT2D eigenvalue weighted by Gasteiger charge is -2.38. The van der Waals surface area contributed by atoms with Crippen LogP contribution in [-0.4, -0.2) is 22.5 Å². The van der Waals surface area contributed by atoms with Crippen LogP contribution in [0.3, 0.4) is 0 Å². The van der Waals surface area contributed by atoms with Crippen molar-refractivity contribution in [3.05, 3.63) is 87.0 Å². The molecule has 1 fully saturated rings. The summed E-state index contributed by atoms with van der Waals surface area (Å²) < 4.78 is 15.1. The number of benzene rings is 2. The molecule has 0 aromatic heterocycles. The van der Waals surface area contributed by atoms with E-state index >= 15 is 4.39 Å². The Kier molecular flexibility index (Phi) is 5.28. The van der Waals surface area contributed by atoms with Gasteiger partial charge in [0, 0.05) is 35.2 Å². The molecule has 2 aliphatic heterocycles. The van der Waals surface area contributed by atoms with Gasteiger partial charge in [-0.25, -0.2) is 4.39 Å². The van der Waals surface area contributed by atoms with Crippen LogP contribution in [0.1, 0.15) is 37.3 Å². The zero-order chi connectivity index (χ0) is 21.6. The van der Waals surface area contributed by atoms with E-state index in [9.17, 15) is 9.90 Å². The molecular formula is C23H21Cl2FN2O2. The van der Waals surface area contributed by atoms with Crippen LogP contribution in [0, 0.1) is 5.82 Å². The van der Waals surface area contributed by atoms with Crippen LogP contribution in [0.2, 0.25) is 10.0 Å². The fourth-order valence-electron chi connectivity index (χ4n) is 4.57. The third-order valence-corrected chi connectivity index (χ3v) is 6.39. The molecule has 30 heavy (non-hydrogen) atoms. The Hall–Kier alpha value is -2.50. The van der Waals surface area contributed by atoms with Crippen LogP contribution in [0.15, 0.2) is 60.0 Å². The van der Waals surface area contributed by atoms with Crippen LogP contribution in [0.4, 0.5) is 10.1 Å². The minimum Gasteiger partial charge on any atom is -0.514 e. The summed E-state index contributed by atoms with van der Waals surface area (Å²) in [6.07, 6.45) is 3.26. The zero-order valence-corrected chi connectivity index (χ0v) is 18.1. The second kappa shape index (κ2) is 7.64. The highest BCUT2D eigenvalue weighted by molar-refractivity contribution is 6.31. The SMILES string of the molecule is CC(C)=CCN1/C(=C\O)CC(c2cccc(Cl)c2F)[C@]12C(=O)Nc1cc(Cl)ccc12. The van der Waals surface area contributed by atoms with E-state index in [1.165, 1.54) is 6.07 Å². The van der Waals surface area contributed by atoms with Gasteiger partial charge in [-0.15, -0.1) is 0 Å². The molecule has 2 heterocycles. The Balaban J connectivity index is 2.01. The number of nitrogens with zero attached hydrogens (tertiary/aromatic N) is 1. The maximum absolute atomic E-state index is 15.1. The first-order chi connectivity index (χ1) is 14.3. The molecule has 0 saturated carbocycles. The highest BCUT2D eigenvalue weighted by Gasteiger charge is 2.61. The molecule has 2 N–H and O–H groups in total. The van der Waals surface area contributed by atoms with Gasteiger partial charge in [-0.3, -0.25) is 4.79 Å². The first-order valence-electron chi connectivity index (χ1n) is 9.60. The fraction of sp³-hybridized carbons (Fsp3) is 0.261. The maximum atomic E-state index is 15.1. The van der Waals surface area contributed by atoms with Gasteiger partial charge in [0.1, 0.15) is 5.82 Å². The van der Waals surface area contributed by atoms with E-state index in [0.29, 0.717) is 34.1 Å². The number of rotatable bonds is 3. The molecular weight excluding hydrogens is 426 g/mol. The first kappa shape index (κ1) is 20.8. The number of carbonyl (C=O) groups is 1. The number of allylic oxidation sites excluding steroid dienone is 2. The normalized spacial score (nSPS) is 23.8. The van der Waals surface area contributed by atoms with E-state index in [-0.39, 0.29) is 17.4 Å². The summed E-state index contributed by atoms with van der Waals surface area (Å²) in [7, 11) is 0. The van der Waals surface area contributed by atoms with E-state index in [4.69, 9.17) is 23.2 Å². The molecule has 0 bridgehead atoms. The van der Waals surface area contributed by atoms with Crippen molar-refractivity contribution in [1.82, 2.24) is 4.90 Å². The largest absolute Gasteiger partial charge is 0.514 e. The summed E-state index contributed by atoms with van der Waals surface area (Å²) in [6, 6.07) is 10.00. The van der Waals surface area contributed by atoms with E-state index in [1.54, 1.807) is 30.3 Å². The number of aliphatic hydroxyl groups excluding tert-OH is 1. The Morgan fingerprint density at radius 3 is 2.80 bits per heavy atom. The van der Waals surface area contributed by atoms with Crippen LogP contribution < -0.4 is 5.32 Å². The number of anilines is 1.